The van der Waals surface area contributed by atoms with Crippen molar-refractivity contribution in [3.05, 3.63) is 113 Å². The summed E-state index contributed by atoms with van der Waals surface area (Å²) in [5.74, 6) is -3.80. The quantitative estimate of drug-likeness (QED) is 0.190. The summed E-state index contributed by atoms with van der Waals surface area (Å²) in [6.07, 6.45) is 2.01. The topological polar surface area (TPSA) is 63.7 Å². The lowest BCUT2D eigenvalue weighted by Crippen LogP contribution is -2.42. The van der Waals surface area contributed by atoms with E-state index in [-0.39, 0.29) is 5.91 Å². The average Bonchev–Trinajstić information content (AvgIpc) is 3.18. The molecule has 4 aromatic carbocycles. The maximum atomic E-state index is 14.1. The Morgan fingerprint density at radius 1 is 0.730 bits per heavy atom. The van der Waals surface area contributed by atoms with Crippen molar-refractivity contribution in [3.63, 3.8) is 0 Å². The number of ether oxygens (including phenoxy) is 1. The molecule has 0 bridgehead atoms. The number of amides is 2. The average molecular weight is 506 g/mol. The first-order valence-electron chi connectivity index (χ1n) is 12.2. The predicted octanol–water partition coefficient (Wildman–Crippen LogP) is 6.02. The summed E-state index contributed by atoms with van der Waals surface area (Å²) in [4.78, 5) is 42.7. The van der Waals surface area contributed by atoms with Crippen molar-refractivity contribution in [2.24, 2.45) is 17.8 Å². The molecule has 1 saturated heterocycles. The van der Waals surface area contributed by atoms with Crippen molar-refractivity contribution in [2.45, 2.75) is 5.92 Å². The third kappa shape index (κ3) is 3.14. The number of carbonyl (C=O) groups is 3. The third-order valence-corrected chi connectivity index (χ3v) is 8.08. The van der Waals surface area contributed by atoms with Crippen molar-refractivity contribution < 1.29 is 19.1 Å². The summed E-state index contributed by atoms with van der Waals surface area (Å²) in [6, 6.07) is 28.1. The first-order valence-corrected chi connectivity index (χ1v) is 12.5. The number of imide groups is 1. The molecule has 6 heteroatoms. The second-order valence-electron chi connectivity index (χ2n) is 9.63. The predicted molar refractivity (Wildman–Crippen MR) is 141 cm³/mol. The molecule has 2 heterocycles. The number of hydrogen-bond acceptors (Lipinski definition) is 4. The maximum Gasteiger partial charge on any atom is 0.319 e. The summed E-state index contributed by atoms with van der Waals surface area (Å²) in [6.45, 7) is 0. The molecule has 3 aliphatic rings. The highest BCUT2D eigenvalue weighted by Crippen LogP contribution is 2.56. The van der Waals surface area contributed by atoms with Gasteiger partial charge < -0.3 is 4.74 Å². The number of rotatable bonds is 2. The standard InChI is InChI=1S/C31H20ClNO4/c32-22-12-6-7-13-23(22)33-29(34)26-20(17-8-2-1-3-9-17)16-21-25-19-11-5-4-10-18(19)14-15-24(25)37-31(36)27(21)28(26)30(33)35/h1-16,20,26-28H/t20-,26+,27+,28-/m1/s1. The minimum Gasteiger partial charge on any atom is -0.425 e. The van der Waals surface area contributed by atoms with Crippen molar-refractivity contribution in [1.82, 2.24) is 0 Å². The van der Waals surface area contributed by atoms with Crippen LogP contribution in [0.5, 0.6) is 5.75 Å². The normalized spacial score (nSPS) is 24.3. The Kier molecular flexibility index (Phi) is 4.85. The molecule has 1 fully saturated rings. The Labute approximate surface area is 217 Å². The first kappa shape index (κ1) is 22.0. The van der Waals surface area contributed by atoms with E-state index in [0.717, 1.165) is 32.4 Å². The number of fused-ring (bicyclic) bond motifs is 7. The molecule has 0 aromatic heterocycles. The van der Waals surface area contributed by atoms with Crippen molar-refractivity contribution in [3.8, 4) is 5.75 Å². The van der Waals surface area contributed by atoms with Crippen LogP contribution in [0.2, 0.25) is 5.02 Å². The molecular weight excluding hydrogens is 486 g/mol. The van der Waals surface area contributed by atoms with Crippen LogP contribution < -0.4 is 9.64 Å². The highest BCUT2D eigenvalue weighted by Gasteiger charge is 2.60. The molecule has 180 valence electrons. The third-order valence-electron chi connectivity index (χ3n) is 7.76. The lowest BCUT2D eigenvalue weighted by Gasteiger charge is -2.38. The summed E-state index contributed by atoms with van der Waals surface area (Å²) in [7, 11) is 0. The summed E-state index contributed by atoms with van der Waals surface area (Å²) >= 11 is 6.43. The number of esters is 1. The summed E-state index contributed by atoms with van der Waals surface area (Å²) in [5, 5.41) is 2.24. The Morgan fingerprint density at radius 3 is 2.24 bits per heavy atom. The molecular formula is C31H20ClNO4. The minimum absolute atomic E-state index is 0.301. The SMILES string of the molecule is O=C1Oc2ccc3ccccc3c2C2=C[C@H](c3ccccc3)[C@@H]3C(=O)N(c4ccccc4Cl)C(=O)[C@H]3[C@@H]12. The van der Waals surface area contributed by atoms with E-state index >= 15 is 0 Å². The zero-order valence-corrected chi connectivity index (χ0v) is 20.3. The van der Waals surface area contributed by atoms with Crippen LogP contribution in [0.15, 0.2) is 97.1 Å². The van der Waals surface area contributed by atoms with Gasteiger partial charge in [0.2, 0.25) is 11.8 Å². The zero-order valence-electron chi connectivity index (χ0n) is 19.5. The van der Waals surface area contributed by atoms with Gasteiger partial charge in [-0.05, 0) is 40.1 Å². The molecule has 0 saturated carbocycles. The fraction of sp³-hybridized carbons (Fsp3) is 0.129. The number of hydrogen-bond donors (Lipinski definition) is 0. The number of anilines is 1. The van der Waals surface area contributed by atoms with Gasteiger partial charge in [0, 0.05) is 11.5 Å². The monoisotopic (exact) mass is 505 g/mol. The van der Waals surface area contributed by atoms with Crippen LogP contribution in [0.4, 0.5) is 5.69 Å². The van der Waals surface area contributed by atoms with Crippen LogP contribution in [0.1, 0.15) is 17.0 Å². The molecule has 0 N–H and O–H groups in total. The molecule has 0 unspecified atom stereocenters. The van der Waals surface area contributed by atoms with Crippen molar-refractivity contribution in [1.29, 1.82) is 0 Å². The zero-order chi connectivity index (χ0) is 25.3. The van der Waals surface area contributed by atoms with E-state index in [9.17, 15) is 14.4 Å². The molecule has 5 nitrogen and oxygen atoms in total. The van der Waals surface area contributed by atoms with E-state index in [1.54, 1.807) is 30.3 Å². The van der Waals surface area contributed by atoms with Crippen LogP contribution in [-0.2, 0) is 14.4 Å². The van der Waals surface area contributed by atoms with Gasteiger partial charge in [0.05, 0.1) is 28.5 Å². The molecule has 0 spiro atoms. The van der Waals surface area contributed by atoms with Gasteiger partial charge in [-0.1, -0.05) is 90.5 Å². The number of benzene rings is 4. The smallest absolute Gasteiger partial charge is 0.319 e. The lowest BCUT2D eigenvalue weighted by atomic mass is 9.64. The van der Waals surface area contributed by atoms with Crippen LogP contribution in [0.25, 0.3) is 16.3 Å². The Bertz CT molecular complexity index is 1660. The molecule has 2 aliphatic heterocycles. The van der Waals surface area contributed by atoms with Crippen molar-refractivity contribution >= 4 is 51.4 Å². The van der Waals surface area contributed by atoms with E-state index in [0.29, 0.717) is 16.5 Å². The highest BCUT2D eigenvalue weighted by atomic mass is 35.5. The van der Waals surface area contributed by atoms with Crippen molar-refractivity contribution in [2.75, 3.05) is 4.90 Å². The molecule has 0 radical (unpaired) electrons. The van der Waals surface area contributed by atoms with Gasteiger partial charge >= 0.3 is 5.97 Å². The summed E-state index contributed by atoms with van der Waals surface area (Å²) < 4.78 is 5.82. The van der Waals surface area contributed by atoms with E-state index < -0.39 is 35.5 Å². The second kappa shape index (κ2) is 8.15. The Hall–Kier alpha value is -4.22. The highest BCUT2D eigenvalue weighted by molar-refractivity contribution is 6.36. The Morgan fingerprint density at radius 2 is 1.43 bits per heavy atom. The van der Waals surface area contributed by atoms with Gasteiger partial charge in [-0.25, -0.2) is 4.90 Å². The number of nitrogens with zero attached hydrogens (tertiary/aromatic N) is 1. The lowest BCUT2D eigenvalue weighted by molar-refractivity contribution is -0.142. The van der Waals surface area contributed by atoms with Crippen LogP contribution in [0.3, 0.4) is 0 Å². The van der Waals surface area contributed by atoms with Gasteiger partial charge in [0.25, 0.3) is 0 Å². The van der Waals surface area contributed by atoms with Gasteiger partial charge in [-0.3, -0.25) is 14.4 Å². The van der Waals surface area contributed by atoms with Gasteiger partial charge in [-0.2, -0.15) is 0 Å². The molecule has 37 heavy (non-hydrogen) atoms. The van der Waals surface area contributed by atoms with Crippen LogP contribution >= 0.6 is 11.6 Å². The molecule has 4 atom stereocenters. The number of halogens is 1. The number of carbonyl (C=O) groups excluding carboxylic acids is 3. The molecule has 4 aromatic rings. The van der Waals surface area contributed by atoms with E-state index in [1.807, 2.05) is 66.7 Å². The van der Waals surface area contributed by atoms with Crippen LogP contribution in [0, 0.1) is 17.8 Å². The van der Waals surface area contributed by atoms with Crippen LogP contribution in [-0.4, -0.2) is 17.8 Å². The second-order valence-corrected chi connectivity index (χ2v) is 10.0. The van der Waals surface area contributed by atoms with E-state index in [4.69, 9.17) is 16.3 Å². The Balaban J connectivity index is 1.48. The summed E-state index contributed by atoms with van der Waals surface area (Å²) in [5.41, 5.74) is 2.78. The maximum absolute atomic E-state index is 14.1. The first-order chi connectivity index (χ1) is 18.0. The number of allylic oxidation sites excluding steroid dienone is 1. The largest absolute Gasteiger partial charge is 0.425 e. The van der Waals surface area contributed by atoms with Gasteiger partial charge in [-0.15, -0.1) is 0 Å². The molecule has 7 rings (SSSR count). The van der Waals surface area contributed by atoms with E-state index in [1.165, 1.54) is 0 Å². The van der Waals surface area contributed by atoms with Gasteiger partial charge in [0.15, 0.2) is 0 Å². The number of para-hydroxylation sites is 1. The fourth-order valence-corrected chi connectivity index (χ4v) is 6.42. The van der Waals surface area contributed by atoms with Gasteiger partial charge in [0.1, 0.15) is 5.75 Å². The molecule has 2 amide bonds. The minimum atomic E-state index is -0.909. The fourth-order valence-electron chi connectivity index (χ4n) is 6.20. The van der Waals surface area contributed by atoms with E-state index in [2.05, 4.69) is 0 Å². The molecule has 1 aliphatic carbocycles.